The number of rotatable bonds is 4. The molecular formula is C12H12ClFN4O. The van der Waals surface area contributed by atoms with Crippen LogP contribution in [0.4, 0.5) is 16.0 Å². The Morgan fingerprint density at radius 1 is 1.21 bits per heavy atom. The van der Waals surface area contributed by atoms with Gasteiger partial charge in [-0.25, -0.2) is 4.39 Å². The van der Waals surface area contributed by atoms with Crippen LogP contribution >= 0.6 is 11.6 Å². The summed E-state index contributed by atoms with van der Waals surface area (Å²) in [5.74, 6) is -0.286. The summed E-state index contributed by atoms with van der Waals surface area (Å²) in [5, 5.41) is 2.70. The number of benzene rings is 1. The Kier molecular flexibility index (Phi) is 4.11. The van der Waals surface area contributed by atoms with Crippen molar-refractivity contribution in [2.75, 3.05) is 5.32 Å². The van der Waals surface area contributed by atoms with E-state index in [1.165, 1.54) is 6.07 Å². The summed E-state index contributed by atoms with van der Waals surface area (Å²) >= 11 is 5.76. The van der Waals surface area contributed by atoms with Crippen LogP contribution in [0.5, 0.6) is 6.01 Å². The first-order valence-corrected chi connectivity index (χ1v) is 6.02. The maximum Gasteiger partial charge on any atom is 0.322 e. The van der Waals surface area contributed by atoms with Gasteiger partial charge in [-0.15, -0.1) is 0 Å². The summed E-state index contributed by atoms with van der Waals surface area (Å²) in [6, 6.07) is 6.27. The van der Waals surface area contributed by atoms with Crippen molar-refractivity contribution in [3.63, 3.8) is 0 Å². The number of aromatic nitrogens is 3. The molecule has 5 nitrogen and oxygen atoms in total. The zero-order valence-electron chi connectivity index (χ0n) is 10.4. The van der Waals surface area contributed by atoms with E-state index in [4.69, 9.17) is 16.3 Å². The highest BCUT2D eigenvalue weighted by Crippen LogP contribution is 2.19. The van der Waals surface area contributed by atoms with Gasteiger partial charge in [0.1, 0.15) is 5.82 Å². The Labute approximate surface area is 114 Å². The van der Waals surface area contributed by atoms with Crippen LogP contribution in [0.25, 0.3) is 0 Å². The lowest BCUT2D eigenvalue weighted by atomic mass is 10.3. The predicted molar refractivity (Wildman–Crippen MR) is 70.3 cm³/mol. The number of hydrogen-bond donors (Lipinski definition) is 1. The van der Waals surface area contributed by atoms with Gasteiger partial charge in [0.05, 0.1) is 11.8 Å². The molecule has 0 atom stereocenters. The van der Waals surface area contributed by atoms with Gasteiger partial charge in [0.15, 0.2) is 0 Å². The molecule has 0 aliphatic carbocycles. The fourth-order valence-electron chi connectivity index (χ4n) is 1.33. The highest BCUT2D eigenvalue weighted by molar-refractivity contribution is 6.28. The third-order valence-corrected chi connectivity index (χ3v) is 2.22. The van der Waals surface area contributed by atoms with Gasteiger partial charge in [-0.05, 0) is 37.6 Å². The Balaban J connectivity index is 2.25. The second-order valence-corrected chi connectivity index (χ2v) is 4.32. The molecule has 1 aromatic heterocycles. The predicted octanol–water partition coefficient (Wildman–Crippen LogP) is 3.19. The lowest BCUT2D eigenvalue weighted by Gasteiger charge is -2.10. The maximum atomic E-state index is 13.5. The van der Waals surface area contributed by atoms with E-state index in [-0.39, 0.29) is 29.0 Å². The van der Waals surface area contributed by atoms with Gasteiger partial charge in [0.2, 0.25) is 11.2 Å². The van der Waals surface area contributed by atoms with Gasteiger partial charge < -0.3 is 10.1 Å². The molecule has 0 saturated heterocycles. The van der Waals surface area contributed by atoms with E-state index in [2.05, 4.69) is 20.3 Å². The minimum Gasteiger partial charge on any atom is -0.461 e. The number of nitrogens with one attached hydrogen (secondary N) is 1. The topological polar surface area (TPSA) is 59.9 Å². The molecule has 1 heterocycles. The first kappa shape index (κ1) is 13.5. The smallest absolute Gasteiger partial charge is 0.322 e. The van der Waals surface area contributed by atoms with E-state index in [0.717, 1.165) is 0 Å². The van der Waals surface area contributed by atoms with Crippen molar-refractivity contribution < 1.29 is 9.13 Å². The van der Waals surface area contributed by atoms with Crippen LogP contribution in [0, 0.1) is 5.82 Å². The highest BCUT2D eigenvalue weighted by Gasteiger charge is 2.09. The van der Waals surface area contributed by atoms with E-state index < -0.39 is 5.82 Å². The molecule has 0 fully saturated rings. The van der Waals surface area contributed by atoms with Crippen molar-refractivity contribution in [3.05, 3.63) is 35.4 Å². The van der Waals surface area contributed by atoms with E-state index in [1.807, 2.05) is 13.8 Å². The quantitative estimate of drug-likeness (QED) is 0.933. The second-order valence-electron chi connectivity index (χ2n) is 3.98. The minimum atomic E-state index is -0.412. The van der Waals surface area contributed by atoms with E-state index in [9.17, 15) is 4.39 Å². The van der Waals surface area contributed by atoms with Crippen molar-refractivity contribution in [1.82, 2.24) is 15.0 Å². The van der Waals surface area contributed by atoms with Gasteiger partial charge >= 0.3 is 6.01 Å². The molecular weight excluding hydrogens is 271 g/mol. The summed E-state index contributed by atoms with van der Waals surface area (Å²) < 4.78 is 18.8. The second kappa shape index (κ2) is 5.79. The third-order valence-electron chi connectivity index (χ3n) is 2.05. The van der Waals surface area contributed by atoms with E-state index in [1.54, 1.807) is 18.2 Å². The largest absolute Gasteiger partial charge is 0.461 e. The van der Waals surface area contributed by atoms with Crippen LogP contribution in [0.1, 0.15) is 13.8 Å². The molecule has 1 N–H and O–H groups in total. The van der Waals surface area contributed by atoms with Crippen LogP contribution in [0.3, 0.4) is 0 Å². The Morgan fingerprint density at radius 2 is 1.95 bits per heavy atom. The number of para-hydroxylation sites is 1. The van der Waals surface area contributed by atoms with Gasteiger partial charge in [-0.3, -0.25) is 0 Å². The van der Waals surface area contributed by atoms with Gasteiger partial charge in [0.25, 0.3) is 0 Å². The van der Waals surface area contributed by atoms with Crippen LogP contribution < -0.4 is 10.1 Å². The van der Waals surface area contributed by atoms with Crippen LogP contribution in [0.15, 0.2) is 24.3 Å². The standard InChI is InChI=1S/C12H12ClFN4O/c1-7(2)19-12-17-10(13)16-11(18-12)15-9-6-4-3-5-8(9)14/h3-7H,1-2H3,(H,15,16,17,18). The van der Waals surface area contributed by atoms with Gasteiger partial charge in [-0.1, -0.05) is 12.1 Å². The van der Waals surface area contributed by atoms with Crippen LogP contribution in [0.2, 0.25) is 5.28 Å². The lowest BCUT2D eigenvalue weighted by molar-refractivity contribution is 0.222. The fourth-order valence-corrected chi connectivity index (χ4v) is 1.49. The van der Waals surface area contributed by atoms with Gasteiger partial charge in [0, 0.05) is 0 Å². The molecule has 2 aromatic rings. The Bertz CT molecular complexity index is 579. The first-order valence-electron chi connectivity index (χ1n) is 5.64. The SMILES string of the molecule is CC(C)Oc1nc(Cl)nc(Nc2ccccc2F)n1. The zero-order chi connectivity index (χ0) is 13.8. The molecule has 0 spiro atoms. The zero-order valence-corrected chi connectivity index (χ0v) is 11.1. The van der Waals surface area contributed by atoms with Crippen LogP contribution in [-0.4, -0.2) is 21.1 Å². The summed E-state index contributed by atoms with van der Waals surface area (Å²) in [4.78, 5) is 11.7. The monoisotopic (exact) mass is 282 g/mol. The van der Waals surface area contributed by atoms with Crippen molar-refractivity contribution >= 4 is 23.2 Å². The number of nitrogens with zero attached hydrogens (tertiary/aromatic N) is 3. The molecule has 2 rings (SSSR count). The molecule has 0 amide bonds. The molecule has 0 aliphatic heterocycles. The van der Waals surface area contributed by atoms with Crippen molar-refractivity contribution in [2.24, 2.45) is 0 Å². The minimum absolute atomic E-state index is 0.0236. The summed E-state index contributed by atoms with van der Waals surface area (Å²) in [5.41, 5.74) is 0.250. The average molecular weight is 283 g/mol. The fraction of sp³-hybridized carbons (Fsp3) is 0.250. The summed E-state index contributed by atoms with van der Waals surface area (Å²) in [7, 11) is 0. The normalized spacial score (nSPS) is 10.6. The molecule has 100 valence electrons. The summed E-state index contributed by atoms with van der Waals surface area (Å²) in [6.45, 7) is 3.67. The van der Waals surface area contributed by atoms with Gasteiger partial charge in [-0.2, -0.15) is 15.0 Å². The lowest BCUT2D eigenvalue weighted by Crippen LogP contribution is -2.10. The Hall–Kier alpha value is -1.95. The molecule has 0 saturated carbocycles. The van der Waals surface area contributed by atoms with Crippen LogP contribution in [-0.2, 0) is 0 Å². The van der Waals surface area contributed by atoms with Crippen molar-refractivity contribution in [2.45, 2.75) is 20.0 Å². The molecule has 0 radical (unpaired) electrons. The molecule has 0 unspecified atom stereocenters. The van der Waals surface area contributed by atoms with E-state index in [0.29, 0.717) is 0 Å². The number of hydrogen-bond acceptors (Lipinski definition) is 5. The van der Waals surface area contributed by atoms with Crippen molar-refractivity contribution in [1.29, 1.82) is 0 Å². The number of ether oxygens (including phenoxy) is 1. The number of halogens is 2. The van der Waals surface area contributed by atoms with E-state index >= 15 is 0 Å². The first-order chi connectivity index (χ1) is 9.04. The third kappa shape index (κ3) is 3.75. The molecule has 1 aromatic carbocycles. The molecule has 0 aliphatic rings. The maximum absolute atomic E-state index is 13.5. The summed E-state index contributed by atoms with van der Waals surface area (Å²) in [6.07, 6.45) is -0.0974. The molecule has 19 heavy (non-hydrogen) atoms. The number of anilines is 2. The molecule has 0 bridgehead atoms. The van der Waals surface area contributed by atoms with Crippen molar-refractivity contribution in [3.8, 4) is 6.01 Å². The highest BCUT2D eigenvalue weighted by atomic mass is 35.5. The molecule has 7 heteroatoms. The Morgan fingerprint density at radius 3 is 2.63 bits per heavy atom. The average Bonchev–Trinajstić information content (AvgIpc) is 2.30.